The third-order valence-corrected chi connectivity index (χ3v) is 1.74. The van der Waals surface area contributed by atoms with Crippen molar-refractivity contribution in [3.05, 3.63) is 0 Å². The van der Waals surface area contributed by atoms with Gasteiger partial charge in [0.1, 0.15) is 12.2 Å². The van der Waals surface area contributed by atoms with Crippen LogP contribution in [0.4, 0.5) is 0 Å². The first-order chi connectivity index (χ1) is 4.99. The second kappa shape index (κ2) is 2.69. The lowest BCUT2D eigenvalue weighted by Crippen LogP contribution is -2.40. The molecule has 66 valence electrons. The lowest BCUT2D eigenvalue weighted by molar-refractivity contribution is -0.253. The summed E-state index contributed by atoms with van der Waals surface area (Å²) in [5, 5.41) is 27.5. The van der Waals surface area contributed by atoms with Crippen molar-refractivity contribution in [2.45, 2.75) is 31.2 Å². The van der Waals surface area contributed by atoms with Crippen molar-refractivity contribution in [3.63, 3.8) is 0 Å². The Balaban J connectivity index is 2.69. The van der Waals surface area contributed by atoms with Crippen molar-refractivity contribution in [2.75, 3.05) is 7.11 Å². The van der Waals surface area contributed by atoms with Crippen LogP contribution in [0, 0.1) is 0 Å². The van der Waals surface area contributed by atoms with Gasteiger partial charge in [-0.05, 0) is 6.92 Å². The maximum atomic E-state index is 9.22. The van der Waals surface area contributed by atoms with Crippen LogP contribution >= 0.6 is 0 Å². The van der Waals surface area contributed by atoms with Gasteiger partial charge in [-0.2, -0.15) is 0 Å². The minimum atomic E-state index is -1.72. The number of aliphatic hydroxyl groups excluding tert-OH is 2. The highest BCUT2D eigenvalue weighted by Crippen LogP contribution is 2.28. The van der Waals surface area contributed by atoms with Crippen LogP contribution in [0.1, 0.15) is 6.92 Å². The van der Waals surface area contributed by atoms with Gasteiger partial charge in [-0.25, -0.2) is 0 Å². The van der Waals surface area contributed by atoms with Crippen molar-refractivity contribution in [1.82, 2.24) is 0 Å². The van der Waals surface area contributed by atoms with E-state index in [1.54, 1.807) is 0 Å². The van der Waals surface area contributed by atoms with Gasteiger partial charge in [0.15, 0.2) is 12.1 Å². The Morgan fingerprint density at radius 3 is 2.18 bits per heavy atom. The highest BCUT2D eigenvalue weighted by molar-refractivity contribution is 4.88. The molecular formula is C6H12O5. The molecule has 0 bridgehead atoms. The average molecular weight is 164 g/mol. The molecule has 0 amide bonds. The first-order valence-electron chi connectivity index (χ1n) is 3.28. The van der Waals surface area contributed by atoms with Gasteiger partial charge in [0.2, 0.25) is 0 Å². The second-order valence-corrected chi connectivity index (χ2v) is 2.71. The van der Waals surface area contributed by atoms with Crippen LogP contribution in [0.15, 0.2) is 0 Å². The van der Waals surface area contributed by atoms with E-state index in [1.165, 1.54) is 14.0 Å². The van der Waals surface area contributed by atoms with Gasteiger partial charge in [0, 0.05) is 7.11 Å². The second-order valence-electron chi connectivity index (χ2n) is 2.71. The summed E-state index contributed by atoms with van der Waals surface area (Å²) in [6, 6.07) is 0. The molecule has 0 saturated carbocycles. The smallest absolute Gasteiger partial charge is 0.194 e. The quantitative estimate of drug-likeness (QED) is 0.436. The summed E-state index contributed by atoms with van der Waals surface area (Å²) < 4.78 is 9.39. The van der Waals surface area contributed by atoms with Crippen molar-refractivity contribution in [1.29, 1.82) is 0 Å². The van der Waals surface area contributed by atoms with E-state index < -0.39 is 24.3 Å². The van der Waals surface area contributed by atoms with Crippen LogP contribution in [-0.4, -0.2) is 46.7 Å². The van der Waals surface area contributed by atoms with E-state index in [4.69, 9.17) is 14.9 Å². The van der Waals surface area contributed by atoms with Gasteiger partial charge in [0.25, 0.3) is 0 Å². The van der Waals surface area contributed by atoms with E-state index in [2.05, 4.69) is 4.74 Å². The minimum absolute atomic E-state index is 0.958. The molecule has 0 unspecified atom stereocenters. The van der Waals surface area contributed by atoms with E-state index in [0.29, 0.717) is 0 Å². The highest BCUT2D eigenvalue weighted by Gasteiger charge is 2.50. The fourth-order valence-corrected chi connectivity index (χ4v) is 1.03. The number of hydrogen-bond acceptors (Lipinski definition) is 5. The van der Waals surface area contributed by atoms with E-state index in [9.17, 15) is 5.11 Å². The van der Waals surface area contributed by atoms with E-state index in [1.807, 2.05) is 0 Å². The molecule has 1 fully saturated rings. The lowest BCUT2D eigenvalue weighted by Gasteiger charge is -2.19. The summed E-state index contributed by atoms with van der Waals surface area (Å²) in [7, 11) is 1.32. The van der Waals surface area contributed by atoms with E-state index in [-0.39, 0.29) is 0 Å². The van der Waals surface area contributed by atoms with Crippen LogP contribution < -0.4 is 0 Å². The molecule has 1 saturated heterocycles. The third kappa shape index (κ3) is 1.38. The predicted octanol–water partition coefficient (Wildman–Crippen LogP) is -1.58. The molecule has 0 aliphatic carbocycles. The van der Waals surface area contributed by atoms with E-state index in [0.717, 1.165) is 0 Å². The van der Waals surface area contributed by atoms with Gasteiger partial charge >= 0.3 is 0 Å². The van der Waals surface area contributed by atoms with Crippen LogP contribution in [0.25, 0.3) is 0 Å². The zero-order valence-corrected chi connectivity index (χ0v) is 6.39. The van der Waals surface area contributed by atoms with Gasteiger partial charge in [0.05, 0.1) is 0 Å². The zero-order chi connectivity index (χ0) is 8.65. The number of aliphatic hydroxyl groups is 3. The van der Waals surface area contributed by atoms with Gasteiger partial charge in [-0.3, -0.25) is 0 Å². The normalized spacial score (nSPS) is 51.5. The molecule has 1 aliphatic rings. The SMILES string of the molecule is CO[C@H]1O[C@](C)(O)[C@@H](O)[C@H]1O. The van der Waals surface area contributed by atoms with Crippen molar-refractivity contribution < 1.29 is 24.8 Å². The Labute approximate surface area is 64.2 Å². The fraction of sp³-hybridized carbons (Fsp3) is 1.00. The molecule has 5 heteroatoms. The van der Waals surface area contributed by atoms with Crippen molar-refractivity contribution >= 4 is 0 Å². The van der Waals surface area contributed by atoms with Gasteiger partial charge in [-0.1, -0.05) is 0 Å². The summed E-state index contributed by atoms with van der Waals surface area (Å²) in [6.07, 6.45) is -3.48. The molecule has 0 aromatic carbocycles. The lowest BCUT2D eigenvalue weighted by atomic mass is 10.1. The molecule has 0 spiro atoms. The summed E-state index contributed by atoms with van der Waals surface area (Å²) >= 11 is 0. The summed E-state index contributed by atoms with van der Waals surface area (Å²) in [5.41, 5.74) is 0. The maximum absolute atomic E-state index is 9.22. The van der Waals surface area contributed by atoms with Crippen LogP contribution in [0.2, 0.25) is 0 Å². The van der Waals surface area contributed by atoms with Crippen molar-refractivity contribution in [2.24, 2.45) is 0 Å². The topological polar surface area (TPSA) is 79.2 Å². The zero-order valence-electron chi connectivity index (χ0n) is 6.39. The Hall–Kier alpha value is -0.200. The molecule has 1 rings (SSSR count). The molecule has 1 aliphatic heterocycles. The average Bonchev–Trinajstić information content (AvgIpc) is 2.13. The first-order valence-corrected chi connectivity index (χ1v) is 3.28. The standard InChI is InChI=1S/C6H12O5/c1-6(9)4(8)3(7)5(10-2)11-6/h3-5,7-9H,1-2H3/t3-,4+,5+,6+/m1/s1. The molecule has 5 nitrogen and oxygen atoms in total. The number of methoxy groups -OCH3 is 1. The Kier molecular flexibility index (Phi) is 2.17. The molecule has 0 radical (unpaired) electrons. The Bertz CT molecular complexity index is 146. The monoisotopic (exact) mass is 164 g/mol. The van der Waals surface area contributed by atoms with Crippen molar-refractivity contribution in [3.8, 4) is 0 Å². The molecule has 4 atom stereocenters. The van der Waals surface area contributed by atoms with Crippen LogP contribution in [-0.2, 0) is 9.47 Å². The molecule has 0 aromatic heterocycles. The molecule has 1 heterocycles. The molecule has 0 aromatic rings. The Morgan fingerprint density at radius 2 is 2.00 bits per heavy atom. The summed E-state index contributed by atoms with van der Waals surface area (Å²) in [5.74, 6) is -1.72. The van der Waals surface area contributed by atoms with Gasteiger partial charge < -0.3 is 24.8 Å². The van der Waals surface area contributed by atoms with E-state index >= 15 is 0 Å². The highest BCUT2D eigenvalue weighted by atomic mass is 16.8. The molecule has 11 heavy (non-hydrogen) atoms. The largest absolute Gasteiger partial charge is 0.385 e. The van der Waals surface area contributed by atoms with Gasteiger partial charge in [-0.15, -0.1) is 0 Å². The fourth-order valence-electron chi connectivity index (χ4n) is 1.03. The summed E-state index contributed by atoms with van der Waals surface area (Å²) in [6.45, 7) is 1.26. The minimum Gasteiger partial charge on any atom is -0.385 e. The predicted molar refractivity (Wildman–Crippen MR) is 34.5 cm³/mol. The van der Waals surface area contributed by atoms with Crippen LogP contribution in [0.3, 0.4) is 0 Å². The maximum Gasteiger partial charge on any atom is 0.194 e. The molecular weight excluding hydrogens is 152 g/mol. The Morgan fingerprint density at radius 1 is 1.45 bits per heavy atom. The summed E-state index contributed by atoms with van der Waals surface area (Å²) in [4.78, 5) is 0. The third-order valence-electron chi connectivity index (χ3n) is 1.74. The first kappa shape index (κ1) is 8.89. The number of rotatable bonds is 1. The number of ether oxygens (including phenoxy) is 2. The van der Waals surface area contributed by atoms with Crippen LogP contribution in [0.5, 0.6) is 0 Å². The molecule has 3 N–H and O–H groups in total. The number of hydrogen-bond donors (Lipinski definition) is 3.